The van der Waals surface area contributed by atoms with Crippen molar-refractivity contribution in [2.75, 3.05) is 5.73 Å². The van der Waals surface area contributed by atoms with Crippen molar-refractivity contribution in [1.29, 1.82) is 0 Å². The van der Waals surface area contributed by atoms with Crippen LogP contribution >= 0.6 is 23.1 Å². The molecule has 1 aromatic heterocycles. The van der Waals surface area contributed by atoms with Gasteiger partial charge in [-0.05, 0) is 53.1 Å². The maximum Gasteiger partial charge on any atom is 0.0317 e. The number of rotatable bonds is 3. The Morgan fingerprint density at radius 1 is 1.33 bits per heavy atom. The van der Waals surface area contributed by atoms with E-state index in [1.54, 1.807) is 11.3 Å². The first-order valence-corrected chi connectivity index (χ1v) is 6.68. The van der Waals surface area contributed by atoms with Gasteiger partial charge in [0.05, 0.1) is 0 Å². The van der Waals surface area contributed by atoms with Crippen molar-refractivity contribution in [3.05, 3.63) is 46.2 Å². The van der Waals surface area contributed by atoms with Gasteiger partial charge in [-0.1, -0.05) is 0 Å². The Hall–Kier alpha value is -0.930. The summed E-state index contributed by atoms with van der Waals surface area (Å²) in [5.74, 6) is 1.04. The van der Waals surface area contributed by atoms with Crippen molar-refractivity contribution in [3.63, 3.8) is 0 Å². The van der Waals surface area contributed by atoms with Gasteiger partial charge in [0, 0.05) is 16.3 Å². The predicted molar refractivity (Wildman–Crippen MR) is 69.5 cm³/mol. The average molecular weight is 235 g/mol. The highest BCUT2D eigenvalue weighted by molar-refractivity contribution is 7.98. The minimum atomic E-state index is 0.840. The van der Waals surface area contributed by atoms with Crippen molar-refractivity contribution < 1.29 is 0 Å². The van der Waals surface area contributed by atoms with E-state index in [1.165, 1.54) is 16.0 Å². The minimum Gasteiger partial charge on any atom is -0.399 e. The Balaban J connectivity index is 2.05. The second-order valence-electron chi connectivity index (χ2n) is 3.45. The maximum absolute atomic E-state index is 5.71. The number of nitrogen functional groups attached to an aromatic ring is 1. The summed E-state index contributed by atoms with van der Waals surface area (Å²) in [5, 5.41) is 4.31. The van der Waals surface area contributed by atoms with Gasteiger partial charge in [0.25, 0.3) is 0 Å². The number of thioether (sulfide) groups is 1. The fourth-order valence-corrected chi connectivity index (χ4v) is 3.10. The predicted octanol–water partition coefficient (Wildman–Crippen LogP) is 3.93. The van der Waals surface area contributed by atoms with Crippen LogP contribution in [0.4, 0.5) is 5.69 Å². The van der Waals surface area contributed by atoms with E-state index in [4.69, 9.17) is 5.73 Å². The van der Waals surface area contributed by atoms with E-state index in [0.29, 0.717) is 0 Å². The highest BCUT2D eigenvalue weighted by atomic mass is 32.2. The lowest BCUT2D eigenvalue weighted by atomic mass is 10.2. The van der Waals surface area contributed by atoms with Crippen molar-refractivity contribution in [3.8, 4) is 0 Å². The fraction of sp³-hybridized carbons (Fsp3) is 0.167. The number of benzene rings is 1. The van der Waals surface area contributed by atoms with Gasteiger partial charge < -0.3 is 5.73 Å². The van der Waals surface area contributed by atoms with Crippen LogP contribution in [0.15, 0.2) is 39.9 Å². The molecule has 0 saturated heterocycles. The normalized spacial score (nSPS) is 10.5. The van der Waals surface area contributed by atoms with Crippen molar-refractivity contribution in [2.24, 2.45) is 0 Å². The van der Waals surface area contributed by atoms with Gasteiger partial charge in [-0.15, -0.1) is 11.8 Å². The van der Waals surface area contributed by atoms with Gasteiger partial charge in [-0.25, -0.2) is 0 Å². The fourth-order valence-electron chi connectivity index (χ4n) is 1.37. The number of anilines is 1. The molecule has 15 heavy (non-hydrogen) atoms. The van der Waals surface area contributed by atoms with E-state index in [2.05, 4.69) is 29.8 Å². The number of aryl methyl sites for hydroxylation is 1. The number of hydrogen-bond acceptors (Lipinski definition) is 3. The Kier molecular flexibility index (Phi) is 3.34. The zero-order chi connectivity index (χ0) is 10.7. The molecule has 1 aromatic carbocycles. The molecular weight excluding hydrogens is 222 g/mol. The number of thiophene rings is 1. The Morgan fingerprint density at radius 3 is 2.87 bits per heavy atom. The van der Waals surface area contributed by atoms with Crippen LogP contribution in [-0.4, -0.2) is 0 Å². The van der Waals surface area contributed by atoms with Gasteiger partial charge in [-0.2, -0.15) is 11.3 Å². The minimum absolute atomic E-state index is 0.840. The molecule has 1 nitrogen and oxygen atoms in total. The van der Waals surface area contributed by atoms with Crippen LogP contribution in [0, 0.1) is 6.92 Å². The molecule has 2 rings (SSSR count). The van der Waals surface area contributed by atoms with Gasteiger partial charge in [0.2, 0.25) is 0 Å². The van der Waals surface area contributed by atoms with Crippen molar-refractivity contribution in [1.82, 2.24) is 0 Å². The zero-order valence-corrected chi connectivity index (χ0v) is 10.2. The van der Waals surface area contributed by atoms with Crippen LogP contribution in [-0.2, 0) is 5.75 Å². The summed E-state index contributed by atoms with van der Waals surface area (Å²) in [7, 11) is 0. The summed E-state index contributed by atoms with van der Waals surface area (Å²) in [6, 6.07) is 8.25. The molecule has 0 spiro atoms. The molecular formula is C12H13NS2. The summed E-state index contributed by atoms with van der Waals surface area (Å²) in [4.78, 5) is 1.32. The highest BCUT2D eigenvalue weighted by Crippen LogP contribution is 2.27. The molecule has 0 aliphatic heterocycles. The van der Waals surface area contributed by atoms with Crippen LogP contribution < -0.4 is 5.73 Å². The van der Waals surface area contributed by atoms with E-state index in [1.807, 2.05) is 23.9 Å². The van der Waals surface area contributed by atoms with Gasteiger partial charge in [0.15, 0.2) is 0 Å². The lowest BCUT2D eigenvalue weighted by Crippen LogP contribution is -1.87. The number of nitrogens with two attached hydrogens (primary N) is 1. The van der Waals surface area contributed by atoms with Crippen LogP contribution in [0.25, 0.3) is 0 Å². The lowest BCUT2D eigenvalue weighted by Gasteiger charge is -2.05. The second kappa shape index (κ2) is 4.73. The summed E-state index contributed by atoms with van der Waals surface area (Å²) < 4.78 is 0. The monoisotopic (exact) mass is 235 g/mol. The smallest absolute Gasteiger partial charge is 0.0317 e. The van der Waals surface area contributed by atoms with Crippen molar-refractivity contribution in [2.45, 2.75) is 17.6 Å². The van der Waals surface area contributed by atoms with E-state index in [-0.39, 0.29) is 0 Å². The molecule has 0 aliphatic rings. The van der Waals surface area contributed by atoms with Crippen molar-refractivity contribution >= 4 is 28.8 Å². The van der Waals surface area contributed by atoms with E-state index >= 15 is 0 Å². The quantitative estimate of drug-likeness (QED) is 0.644. The molecule has 2 aromatic rings. The molecule has 0 saturated carbocycles. The standard InChI is InChI=1S/C12H13NS2/c1-9-6-11(13)2-3-12(9)15-8-10-4-5-14-7-10/h2-7H,8,13H2,1H3. The maximum atomic E-state index is 5.71. The van der Waals surface area contributed by atoms with Crippen LogP contribution in [0.3, 0.4) is 0 Å². The molecule has 2 N–H and O–H groups in total. The van der Waals surface area contributed by atoms with E-state index < -0.39 is 0 Å². The Bertz CT molecular complexity index is 435. The van der Waals surface area contributed by atoms with Gasteiger partial charge >= 0.3 is 0 Å². The molecule has 0 aliphatic carbocycles. The topological polar surface area (TPSA) is 26.0 Å². The van der Waals surface area contributed by atoms with Crippen LogP contribution in [0.1, 0.15) is 11.1 Å². The molecule has 0 fully saturated rings. The lowest BCUT2D eigenvalue weighted by molar-refractivity contribution is 1.29. The van der Waals surface area contributed by atoms with E-state index in [9.17, 15) is 0 Å². The molecule has 0 amide bonds. The van der Waals surface area contributed by atoms with Crippen LogP contribution in [0.2, 0.25) is 0 Å². The van der Waals surface area contributed by atoms with Gasteiger partial charge in [0.1, 0.15) is 0 Å². The Morgan fingerprint density at radius 2 is 2.20 bits per heavy atom. The summed E-state index contributed by atoms with van der Waals surface area (Å²) >= 11 is 3.61. The SMILES string of the molecule is Cc1cc(N)ccc1SCc1ccsc1. The molecule has 3 heteroatoms. The first-order chi connectivity index (χ1) is 7.25. The molecule has 1 heterocycles. The Labute approximate surface area is 98.3 Å². The summed E-state index contributed by atoms with van der Waals surface area (Å²) in [6.45, 7) is 2.10. The third kappa shape index (κ3) is 2.76. The molecule has 0 unspecified atom stereocenters. The first-order valence-electron chi connectivity index (χ1n) is 4.76. The van der Waals surface area contributed by atoms with Gasteiger partial charge in [-0.3, -0.25) is 0 Å². The first kappa shape index (κ1) is 10.6. The summed E-state index contributed by atoms with van der Waals surface area (Å²) in [5.41, 5.74) is 9.20. The largest absolute Gasteiger partial charge is 0.399 e. The highest BCUT2D eigenvalue weighted by Gasteiger charge is 2.00. The third-order valence-corrected chi connectivity index (χ3v) is 4.15. The molecule has 78 valence electrons. The average Bonchev–Trinajstić information content (AvgIpc) is 2.69. The third-order valence-electron chi connectivity index (χ3n) is 2.17. The summed E-state index contributed by atoms with van der Waals surface area (Å²) in [6.07, 6.45) is 0. The van der Waals surface area contributed by atoms with Crippen LogP contribution in [0.5, 0.6) is 0 Å². The molecule has 0 atom stereocenters. The molecule has 0 bridgehead atoms. The zero-order valence-electron chi connectivity index (χ0n) is 8.57. The molecule has 0 radical (unpaired) electrons. The second-order valence-corrected chi connectivity index (χ2v) is 5.24. The van der Waals surface area contributed by atoms with E-state index in [0.717, 1.165) is 11.4 Å². The number of hydrogen-bond donors (Lipinski definition) is 1.